The van der Waals surface area contributed by atoms with E-state index in [1.54, 1.807) is 44.2 Å². The molecule has 0 radical (unpaired) electrons. The van der Waals surface area contributed by atoms with Crippen LogP contribution in [-0.2, 0) is 19.0 Å². The normalized spacial score (nSPS) is 26.6. The van der Waals surface area contributed by atoms with Gasteiger partial charge in [-0.3, -0.25) is 4.79 Å². The van der Waals surface area contributed by atoms with Crippen molar-refractivity contribution in [3.05, 3.63) is 29.8 Å². The van der Waals surface area contributed by atoms with Gasteiger partial charge in [0.05, 0.1) is 5.60 Å². The van der Waals surface area contributed by atoms with E-state index >= 15 is 0 Å². The van der Waals surface area contributed by atoms with Gasteiger partial charge in [-0.1, -0.05) is 24.3 Å². The lowest BCUT2D eigenvalue weighted by molar-refractivity contribution is -0.304. The highest BCUT2D eigenvalue weighted by Gasteiger charge is 2.53. The van der Waals surface area contributed by atoms with Crippen LogP contribution in [0.25, 0.3) is 6.08 Å². The number of nitrogens with two attached hydrogens (primary N) is 1. The summed E-state index contributed by atoms with van der Waals surface area (Å²) in [7, 11) is 1.40. The van der Waals surface area contributed by atoms with Gasteiger partial charge in [0.25, 0.3) is 6.47 Å². The van der Waals surface area contributed by atoms with Gasteiger partial charge in [-0.25, -0.2) is 4.79 Å². The van der Waals surface area contributed by atoms with Crippen molar-refractivity contribution in [2.75, 3.05) is 7.11 Å². The molecule has 1 saturated heterocycles. The van der Waals surface area contributed by atoms with Crippen LogP contribution in [0.5, 0.6) is 11.5 Å². The van der Waals surface area contributed by atoms with Gasteiger partial charge in [0, 0.05) is 12.7 Å². The standard InChI is InChI=1S/C19H25NO8/c1-5-7-11-8-6-9-12(14(11)25-10-21)26-17-13(22)15(27-18(20)23)16(24-4)19(2,3)28-17/h5-10,13,15-17,22H,1-4H3,(H2,20,23)/b7-5-. The molecule has 1 aliphatic heterocycles. The zero-order chi connectivity index (χ0) is 20.9. The van der Waals surface area contributed by atoms with E-state index in [0.29, 0.717) is 5.56 Å². The first kappa shape index (κ1) is 21.7. The third kappa shape index (κ3) is 4.61. The summed E-state index contributed by atoms with van der Waals surface area (Å²) in [6.45, 7) is 5.47. The van der Waals surface area contributed by atoms with Gasteiger partial charge in [0.1, 0.15) is 6.10 Å². The van der Waals surface area contributed by atoms with E-state index in [1.165, 1.54) is 7.11 Å². The second-order valence-corrected chi connectivity index (χ2v) is 6.64. The highest BCUT2D eigenvalue weighted by Crippen LogP contribution is 2.38. The van der Waals surface area contributed by atoms with Crippen LogP contribution in [0.4, 0.5) is 4.79 Å². The molecule has 3 N–H and O–H groups in total. The number of para-hydroxylation sites is 1. The number of carbonyl (C=O) groups is 2. The number of benzene rings is 1. The van der Waals surface area contributed by atoms with E-state index in [-0.39, 0.29) is 18.0 Å². The highest BCUT2D eigenvalue weighted by molar-refractivity contribution is 5.65. The summed E-state index contributed by atoms with van der Waals surface area (Å²) in [6.07, 6.45) is -2.16. The van der Waals surface area contributed by atoms with E-state index in [4.69, 9.17) is 29.4 Å². The molecule has 0 spiro atoms. The van der Waals surface area contributed by atoms with Gasteiger partial charge >= 0.3 is 6.09 Å². The fraction of sp³-hybridized carbons (Fsp3) is 0.474. The molecule has 1 aromatic rings. The monoisotopic (exact) mass is 395 g/mol. The summed E-state index contributed by atoms with van der Waals surface area (Å²) in [6, 6.07) is 4.98. The fourth-order valence-corrected chi connectivity index (χ4v) is 3.18. The lowest BCUT2D eigenvalue weighted by Crippen LogP contribution is -2.65. The highest BCUT2D eigenvalue weighted by atomic mass is 16.7. The Morgan fingerprint density at radius 2 is 2.07 bits per heavy atom. The number of allylic oxidation sites excluding steroid dienone is 1. The van der Waals surface area contributed by atoms with Crippen molar-refractivity contribution in [2.24, 2.45) is 5.73 Å². The molecule has 9 nitrogen and oxygen atoms in total. The van der Waals surface area contributed by atoms with Crippen molar-refractivity contribution in [1.29, 1.82) is 0 Å². The maximum Gasteiger partial charge on any atom is 0.404 e. The van der Waals surface area contributed by atoms with Crippen molar-refractivity contribution in [2.45, 2.75) is 51.0 Å². The first-order valence-corrected chi connectivity index (χ1v) is 8.62. The van der Waals surface area contributed by atoms with Crippen molar-refractivity contribution in [1.82, 2.24) is 0 Å². The smallest absolute Gasteiger partial charge is 0.404 e. The Morgan fingerprint density at radius 1 is 1.36 bits per heavy atom. The summed E-state index contributed by atoms with van der Waals surface area (Å²) in [5.74, 6) is 0.321. The Morgan fingerprint density at radius 3 is 2.64 bits per heavy atom. The number of hydrogen-bond acceptors (Lipinski definition) is 8. The van der Waals surface area contributed by atoms with Crippen LogP contribution >= 0.6 is 0 Å². The number of primary amides is 1. The zero-order valence-corrected chi connectivity index (χ0v) is 16.2. The molecule has 9 heteroatoms. The second kappa shape index (κ2) is 9.05. The Balaban J connectivity index is 2.38. The number of aliphatic hydroxyl groups excluding tert-OH is 1. The summed E-state index contributed by atoms with van der Waals surface area (Å²) in [4.78, 5) is 22.2. The van der Waals surface area contributed by atoms with E-state index < -0.39 is 36.3 Å². The number of amides is 1. The number of carbonyl (C=O) groups excluding carboxylic acids is 2. The van der Waals surface area contributed by atoms with Crippen LogP contribution in [0.1, 0.15) is 26.3 Å². The minimum atomic E-state index is -1.42. The lowest BCUT2D eigenvalue weighted by Gasteiger charge is -2.47. The van der Waals surface area contributed by atoms with Crippen molar-refractivity contribution in [3.8, 4) is 11.5 Å². The molecule has 0 aromatic heterocycles. The van der Waals surface area contributed by atoms with Crippen LogP contribution in [-0.4, -0.2) is 55.0 Å². The Kier molecular flexibility index (Phi) is 7.00. The number of rotatable bonds is 7. The van der Waals surface area contributed by atoms with Crippen LogP contribution in [0.2, 0.25) is 0 Å². The van der Waals surface area contributed by atoms with Crippen LogP contribution in [0, 0.1) is 0 Å². The summed E-state index contributed by atoms with van der Waals surface area (Å²) >= 11 is 0. The minimum absolute atomic E-state index is 0.158. The van der Waals surface area contributed by atoms with Gasteiger partial charge in [-0.05, 0) is 26.8 Å². The molecule has 0 bridgehead atoms. The summed E-state index contributed by atoms with van der Waals surface area (Å²) in [5.41, 5.74) is 4.73. The summed E-state index contributed by atoms with van der Waals surface area (Å²) < 4.78 is 27.1. The van der Waals surface area contributed by atoms with Crippen LogP contribution < -0.4 is 15.2 Å². The molecule has 1 fully saturated rings. The van der Waals surface area contributed by atoms with Gasteiger partial charge < -0.3 is 34.5 Å². The molecule has 1 aromatic carbocycles. The molecular formula is C19H25NO8. The van der Waals surface area contributed by atoms with Crippen molar-refractivity contribution < 1.29 is 38.4 Å². The molecular weight excluding hydrogens is 370 g/mol. The fourth-order valence-electron chi connectivity index (χ4n) is 3.18. The van der Waals surface area contributed by atoms with Gasteiger partial charge in [0.2, 0.25) is 6.29 Å². The number of ether oxygens (including phenoxy) is 5. The lowest BCUT2D eigenvalue weighted by atomic mass is 9.89. The Hall–Kier alpha value is -2.62. The van der Waals surface area contributed by atoms with E-state index in [1.807, 2.05) is 6.92 Å². The Labute approximate surface area is 163 Å². The molecule has 154 valence electrons. The first-order chi connectivity index (χ1) is 13.2. The zero-order valence-electron chi connectivity index (χ0n) is 16.2. The molecule has 0 aliphatic carbocycles. The molecule has 4 unspecified atom stereocenters. The first-order valence-electron chi connectivity index (χ1n) is 8.62. The predicted octanol–water partition coefficient (Wildman–Crippen LogP) is 1.61. The molecule has 28 heavy (non-hydrogen) atoms. The van der Waals surface area contributed by atoms with Gasteiger partial charge in [-0.2, -0.15) is 0 Å². The molecule has 1 aliphatic rings. The van der Waals surface area contributed by atoms with Crippen molar-refractivity contribution in [3.63, 3.8) is 0 Å². The molecule has 1 amide bonds. The average Bonchev–Trinajstić information content (AvgIpc) is 2.61. The molecule has 1 heterocycles. The SMILES string of the molecule is C/C=C\c1cccc(OC2OC(C)(C)C(OC)C(OC(N)=O)C2O)c1OC=O. The van der Waals surface area contributed by atoms with E-state index in [2.05, 4.69) is 0 Å². The summed E-state index contributed by atoms with van der Waals surface area (Å²) in [5, 5.41) is 10.7. The van der Waals surface area contributed by atoms with E-state index in [0.717, 1.165) is 0 Å². The number of aliphatic hydroxyl groups is 1. The predicted molar refractivity (Wildman–Crippen MR) is 98.7 cm³/mol. The third-order valence-corrected chi connectivity index (χ3v) is 4.29. The topological polar surface area (TPSA) is 127 Å². The molecule has 4 atom stereocenters. The van der Waals surface area contributed by atoms with Crippen molar-refractivity contribution >= 4 is 18.6 Å². The largest absolute Gasteiger partial charge is 0.458 e. The van der Waals surface area contributed by atoms with Crippen LogP contribution in [0.15, 0.2) is 24.3 Å². The maximum absolute atomic E-state index is 11.3. The molecule has 0 saturated carbocycles. The van der Waals surface area contributed by atoms with Gasteiger partial charge in [-0.15, -0.1) is 0 Å². The maximum atomic E-state index is 11.3. The quantitative estimate of drug-likeness (QED) is 0.667. The van der Waals surface area contributed by atoms with E-state index in [9.17, 15) is 14.7 Å². The second-order valence-electron chi connectivity index (χ2n) is 6.64. The third-order valence-electron chi connectivity index (χ3n) is 4.29. The minimum Gasteiger partial charge on any atom is -0.458 e. The van der Waals surface area contributed by atoms with Gasteiger partial charge in [0.15, 0.2) is 23.7 Å². The number of hydrogen-bond donors (Lipinski definition) is 2. The molecule has 2 rings (SSSR count). The van der Waals surface area contributed by atoms with Crippen LogP contribution in [0.3, 0.4) is 0 Å². The Bertz CT molecular complexity index is 733. The average molecular weight is 395 g/mol. The number of methoxy groups -OCH3 is 1.